The summed E-state index contributed by atoms with van der Waals surface area (Å²) in [7, 11) is 1.67. The van der Waals surface area contributed by atoms with Gasteiger partial charge in [0.2, 0.25) is 5.91 Å². The Balaban J connectivity index is 2.33. The van der Waals surface area contributed by atoms with Gasteiger partial charge in [-0.2, -0.15) is 0 Å². The topological polar surface area (TPSA) is 41.6 Å². The molecule has 4 nitrogen and oxygen atoms in total. The van der Waals surface area contributed by atoms with Crippen LogP contribution in [-0.2, 0) is 9.53 Å². The molecule has 1 rings (SSSR count). The minimum Gasteiger partial charge on any atom is -0.383 e. The van der Waals surface area contributed by atoms with Crippen molar-refractivity contribution >= 4 is 5.91 Å². The van der Waals surface area contributed by atoms with Gasteiger partial charge in [-0.15, -0.1) is 0 Å². The number of hydrogen-bond donors (Lipinski definition) is 1. The highest BCUT2D eigenvalue weighted by Crippen LogP contribution is 2.26. The molecule has 0 unspecified atom stereocenters. The van der Waals surface area contributed by atoms with Crippen molar-refractivity contribution in [3.05, 3.63) is 0 Å². The largest absolute Gasteiger partial charge is 0.383 e. The highest BCUT2D eigenvalue weighted by molar-refractivity contribution is 5.79. The third-order valence-corrected chi connectivity index (χ3v) is 2.87. The number of hydrogen-bond acceptors (Lipinski definition) is 3. The third kappa shape index (κ3) is 4.10. The quantitative estimate of drug-likeness (QED) is 0.707. The minimum absolute atomic E-state index is 0.145. The molecule has 0 aliphatic heterocycles. The molecule has 1 saturated carbocycles. The predicted octanol–water partition coefficient (Wildman–Crippen LogP) is 1.01. The smallest absolute Gasteiger partial charge is 0.236 e. The van der Waals surface area contributed by atoms with Crippen LogP contribution in [0, 0.1) is 0 Å². The molecule has 1 aliphatic carbocycles. The van der Waals surface area contributed by atoms with Gasteiger partial charge in [0.1, 0.15) is 0 Å². The fraction of sp³-hybridized carbons (Fsp3) is 0.917. The van der Waals surface area contributed by atoms with Crippen LogP contribution >= 0.6 is 0 Å². The Labute approximate surface area is 98.3 Å². The second-order valence-electron chi connectivity index (χ2n) is 5.08. The first-order valence-electron chi connectivity index (χ1n) is 6.03. The molecule has 1 N–H and O–H groups in total. The normalized spacial score (nSPS) is 16.2. The van der Waals surface area contributed by atoms with E-state index in [4.69, 9.17) is 4.74 Å². The van der Waals surface area contributed by atoms with Crippen LogP contribution in [0.1, 0.15) is 33.6 Å². The van der Waals surface area contributed by atoms with Crippen LogP contribution in [0.3, 0.4) is 0 Å². The van der Waals surface area contributed by atoms with E-state index in [9.17, 15) is 4.79 Å². The van der Waals surface area contributed by atoms with Crippen molar-refractivity contribution in [3.63, 3.8) is 0 Å². The van der Waals surface area contributed by atoms with Gasteiger partial charge < -0.3 is 15.0 Å². The molecule has 0 aromatic carbocycles. The van der Waals surface area contributed by atoms with Crippen molar-refractivity contribution in [1.82, 2.24) is 10.2 Å². The third-order valence-electron chi connectivity index (χ3n) is 2.87. The van der Waals surface area contributed by atoms with E-state index in [0.29, 0.717) is 19.2 Å². The Hall–Kier alpha value is -0.610. The molecule has 1 fully saturated rings. The first kappa shape index (κ1) is 13.5. The zero-order valence-electron chi connectivity index (χ0n) is 10.9. The number of nitrogens with zero attached hydrogens (tertiary/aromatic N) is 1. The molecule has 1 amide bonds. The number of nitrogens with one attached hydrogen (secondary N) is 1. The molecule has 0 aromatic rings. The fourth-order valence-corrected chi connectivity index (χ4v) is 1.85. The molecular formula is C12H24N2O2. The summed E-state index contributed by atoms with van der Waals surface area (Å²) < 4.78 is 5.10. The molecule has 0 bridgehead atoms. The molecule has 94 valence electrons. The lowest BCUT2D eigenvalue weighted by Gasteiger charge is -2.27. The zero-order chi connectivity index (χ0) is 12.2. The fourth-order valence-electron chi connectivity index (χ4n) is 1.85. The van der Waals surface area contributed by atoms with Gasteiger partial charge in [0, 0.05) is 25.2 Å². The lowest BCUT2D eigenvalue weighted by molar-refractivity contribution is -0.131. The highest BCUT2D eigenvalue weighted by Gasteiger charge is 2.31. The zero-order valence-corrected chi connectivity index (χ0v) is 10.9. The van der Waals surface area contributed by atoms with Gasteiger partial charge in [-0.3, -0.25) is 4.79 Å². The second-order valence-corrected chi connectivity index (χ2v) is 5.08. The van der Waals surface area contributed by atoms with E-state index in [1.54, 1.807) is 7.11 Å². The van der Waals surface area contributed by atoms with E-state index in [1.807, 2.05) is 25.7 Å². The second kappa shape index (κ2) is 5.64. The van der Waals surface area contributed by atoms with E-state index in [2.05, 4.69) is 5.32 Å². The molecule has 0 spiro atoms. The standard InChI is InChI=1S/C12H24N2O2/c1-5-14(10-6-7-10)11(15)8-13-12(2,3)9-16-4/h10,13H,5-9H2,1-4H3. The lowest BCUT2D eigenvalue weighted by atomic mass is 10.1. The molecule has 0 atom stereocenters. The average Bonchev–Trinajstić information content (AvgIpc) is 3.00. The van der Waals surface area contributed by atoms with Gasteiger partial charge in [0.15, 0.2) is 0 Å². The molecule has 0 saturated heterocycles. The van der Waals surface area contributed by atoms with Crippen molar-refractivity contribution in [2.75, 3.05) is 26.8 Å². The summed E-state index contributed by atoms with van der Waals surface area (Å²) in [5, 5.41) is 3.24. The number of likely N-dealkylation sites (N-methyl/N-ethyl adjacent to an activating group) is 1. The lowest BCUT2D eigenvalue weighted by Crippen LogP contribution is -2.49. The van der Waals surface area contributed by atoms with Gasteiger partial charge >= 0.3 is 0 Å². The molecule has 16 heavy (non-hydrogen) atoms. The Bertz CT molecular complexity index is 237. The Morgan fingerprint density at radius 1 is 1.50 bits per heavy atom. The summed E-state index contributed by atoms with van der Waals surface area (Å²) in [5.41, 5.74) is -0.145. The van der Waals surface area contributed by atoms with Crippen molar-refractivity contribution in [1.29, 1.82) is 0 Å². The highest BCUT2D eigenvalue weighted by atomic mass is 16.5. The molecule has 0 heterocycles. The molecule has 0 aromatic heterocycles. The van der Waals surface area contributed by atoms with Crippen molar-refractivity contribution < 1.29 is 9.53 Å². The summed E-state index contributed by atoms with van der Waals surface area (Å²) in [6, 6.07) is 0.504. The Morgan fingerprint density at radius 3 is 2.56 bits per heavy atom. The maximum Gasteiger partial charge on any atom is 0.236 e. The minimum atomic E-state index is -0.145. The van der Waals surface area contributed by atoms with Gasteiger partial charge in [-0.25, -0.2) is 0 Å². The Morgan fingerprint density at radius 2 is 2.12 bits per heavy atom. The summed E-state index contributed by atoms with van der Waals surface area (Å²) in [6.07, 6.45) is 2.34. The van der Waals surface area contributed by atoms with Crippen LogP contribution in [0.15, 0.2) is 0 Å². The average molecular weight is 228 g/mol. The maximum atomic E-state index is 11.9. The van der Waals surface area contributed by atoms with Crippen LogP contribution < -0.4 is 5.32 Å². The summed E-state index contributed by atoms with van der Waals surface area (Å²) >= 11 is 0. The van der Waals surface area contributed by atoms with Gasteiger partial charge in [0.05, 0.1) is 13.2 Å². The van der Waals surface area contributed by atoms with Gasteiger partial charge in [0.25, 0.3) is 0 Å². The van der Waals surface area contributed by atoms with E-state index < -0.39 is 0 Å². The maximum absolute atomic E-state index is 11.9. The summed E-state index contributed by atoms with van der Waals surface area (Å²) in [4.78, 5) is 13.9. The number of methoxy groups -OCH3 is 1. The van der Waals surface area contributed by atoms with Crippen molar-refractivity contribution in [2.45, 2.75) is 45.2 Å². The van der Waals surface area contributed by atoms with E-state index in [-0.39, 0.29) is 11.4 Å². The predicted molar refractivity (Wildman–Crippen MR) is 64.4 cm³/mol. The number of carbonyl (C=O) groups is 1. The van der Waals surface area contributed by atoms with E-state index in [0.717, 1.165) is 6.54 Å². The van der Waals surface area contributed by atoms with Crippen LogP contribution in [0.25, 0.3) is 0 Å². The molecular weight excluding hydrogens is 204 g/mol. The molecule has 1 aliphatic rings. The monoisotopic (exact) mass is 228 g/mol. The first-order chi connectivity index (χ1) is 7.50. The number of carbonyl (C=O) groups excluding carboxylic acids is 1. The SMILES string of the molecule is CCN(C(=O)CNC(C)(C)COC)C1CC1. The van der Waals surface area contributed by atoms with Crippen LogP contribution in [0.2, 0.25) is 0 Å². The first-order valence-corrected chi connectivity index (χ1v) is 6.03. The van der Waals surface area contributed by atoms with Crippen LogP contribution in [-0.4, -0.2) is 49.2 Å². The van der Waals surface area contributed by atoms with Crippen LogP contribution in [0.4, 0.5) is 0 Å². The van der Waals surface area contributed by atoms with Crippen molar-refractivity contribution in [3.8, 4) is 0 Å². The molecule has 0 radical (unpaired) electrons. The molecule has 4 heteroatoms. The van der Waals surface area contributed by atoms with Gasteiger partial charge in [-0.1, -0.05) is 0 Å². The van der Waals surface area contributed by atoms with Gasteiger partial charge in [-0.05, 0) is 33.6 Å². The Kier molecular flexibility index (Phi) is 4.74. The van der Waals surface area contributed by atoms with E-state index >= 15 is 0 Å². The van der Waals surface area contributed by atoms with Crippen LogP contribution in [0.5, 0.6) is 0 Å². The number of rotatable bonds is 7. The van der Waals surface area contributed by atoms with E-state index in [1.165, 1.54) is 12.8 Å². The summed E-state index contributed by atoms with van der Waals surface area (Å²) in [6.45, 7) is 7.94. The summed E-state index contributed by atoms with van der Waals surface area (Å²) in [5.74, 6) is 0.203. The van der Waals surface area contributed by atoms with Crippen molar-refractivity contribution in [2.24, 2.45) is 0 Å². The number of ether oxygens (including phenoxy) is 1. The number of amides is 1.